The summed E-state index contributed by atoms with van der Waals surface area (Å²) in [6.45, 7) is 9.77. The Morgan fingerprint density at radius 3 is 1.38 bits per heavy atom. The van der Waals surface area contributed by atoms with E-state index >= 15 is 0 Å². The Morgan fingerprint density at radius 1 is 0.692 bits per heavy atom. The standard InChI is InChI=1S/2C11H15.CH2.2ClH.Zr/c2*1-8-6-7-9(2)11-5-3-4-10(8)11;;;;/h2*4,8-9H,5-7H2,1-2H3;1H2;2*1H;/q;;;;;+2/p-2. The summed E-state index contributed by atoms with van der Waals surface area (Å²) in [5.41, 5.74) is 6.99. The smallest absolute Gasteiger partial charge is 1.00 e. The molecule has 26 heavy (non-hydrogen) atoms. The monoisotopic (exact) mass is 468 g/mol. The van der Waals surface area contributed by atoms with Gasteiger partial charge in [-0.2, -0.15) is 0 Å². The van der Waals surface area contributed by atoms with Crippen molar-refractivity contribution >= 4 is 4.21 Å². The van der Waals surface area contributed by atoms with Crippen molar-refractivity contribution in [2.45, 2.75) is 66.2 Å². The van der Waals surface area contributed by atoms with Gasteiger partial charge in [0.2, 0.25) is 0 Å². The second kappa shape index (κ2) is 8.75. The topological polar surface area (TPSA) is 0 Å². The van der Waals surface area contributed by atoms with Crippen molar-refractivity contribution in [2.24, 2.45) is 23.7 Å². The molecule has 142 valence electrons. The zero-order chi connectivity index (χ0) is 17.0. The predicted octanol–water partition coefficient (Wildman–Crippen LogP) is 0.345. The first-order valence-electron chi connectivity index (χ1n) is 10.0. The Morgan fingerprint density at radius 2 is 1.04 bits per heavy atom. The minimum atomic E-state index is -1.83. The van der Waals surface area contributed by atoms with Crippen molar-refractivity contribution in [1.82, 2.24) is 0 Å². The van der Waals surface area contributed by atoms with Gasteiger partial charge in [0, 0.05) is 0 Å². The fourth-order valence-electron chi connectivity index (χ4n) is 5.37. The van der Waals surface area contributed by atoms with E-state index in [2.05, 4.69) is 39.8 Å². The maximum atomic E-state index is 4.82. The van der Waals surface area contributed by atoms with Crippen LogP contribution in [0, 0.1) is 23.7 Å². The number of allylic oxidation sites excluding steroid dienone is 8. The molecular weight excluding hydrogens is 438 g/mol. The van der Waals surface area contributed by atoms with Crippen molar-refractivity contribution < 1.29 is 46.1 Å². The molecule has 4 aliphatic carbocycles. The number of rotatable bonds is 2. The third kappa shape index (κ3) is 3.88. The molecule has 0 aromatic heterocycles. The molecule has 0 bridgehead atoms. The molecule has 0 fully saturated rings. The van der Waals surface area contributed by atoms with Gasteiger partial charge in [0.15, 0.2) is 0 Å². The molecule has 0 saturated carbocycles. The predicted molar refractivity (Wildman–Crippen MR) is 102 cm³/mol. The molecule has 0 aromatic carbocycles. The second-order valence-corrected chi connectivity index (χ2v) is 14.4. The molecule has 3 heteroatoms. The average Bonchev–Trinajstić information content (AvgIpc) is 3.20. The van der Waals surface area contributed by atoms with Crippen molar-refractivity contribution in [3.8, 4) is 0 Å². The molecule has 0 heterocycles. The van der Waals surface area contributed by atoms with E-state index < -0.39 is 21.3 Å². The van der Waals surface area contributed by atoms with Crippen LogP contribution in [-0.2, 0) is 21.3 Å². The molecule has 4 atom stereocenters. The van der Waals surface area contributed by atoms with E-state index in [0.29, 0.717) is 0 Å². The molecule has 0 saturated heterocycles. The van der Waals surface area contributed by atoms with Crippen molar-refractivity contribution in [1.29, 1.82) is 0 Å². The molecule has 0 aromatic rings. The summed E-state index contributed by atoms with van der Waals surface area (Å²) in [7, 11) is 0. The van der Waals surface area contributed by atoms with E-state index in [1.54, 1.807) is 28.9 Å². The van der Waals surface area contributed by atoms with Gasteiger partial charge in [-0.3, -0.25) is 0 Å². The Kier molecular flexibility index (Phi) is 7.60. The quantitative estimate of drug-likeness (QED) is 0.546. The SMILES string of the molecule is [CH2]=[Zr+2]([C]1=CC2=C(C1)C(C)CCC2C)[C]1=CC2=C(C1)C(C)CCC2C.[Cl-].[Cl-]. The van der Waals surface area contributed by atoms with Crippen LogP contribution in [-0.4, -0.2) is 4.21 Å². The third-order valence-electron chi connectivity index (χ3n) is 7.26. The second-order valence-electron chi connectivity index (χ2n) is 8.89. The van der Waals surface area contributed by atoms with Gasteiger partial charge in [-0.1, -0.05) is 0 Å². The van der Waals surface area contributed by atoms with E-state index in [9.17, 15) is 0 Å². The van der Waals surface area contributed by atoms with E-state index in [1.807, 2.05) is 0 Å². The number of hydrogen-bond acceptors (Lipinski definition) is 0. The largest absolute Gasteiger partial charge is 1.00 e. The summed E-state index contributed by atoms with van der Waals surface area (Å²) in [5, 5.41) is 0. The number of halogens is 2. The molecule has 0 spiro atoms. The summed E-state index contributed by atoms with van der Waals surface area (Å²) in [6, 6.07) is 0. The molecule has 0 nitrogen and oxygen atoms in total. The Balaban J connectivity index is 0.00000121. The van der Waals surface area contributed by atoms with E-state index in [0.717, 1.165) is 23.7 Å². The maximum absolute atomic E-state index is 4.82. The van der Waals surface area contributed by atoms with Crippen LogP contribution >= 0.6 is 0 Å². The van der Waals surface area contributed by atoms with Gasteiger partial charge in [0.05, 0.1) is 0 Å². The maximum Gasteiger partial charge on any atom is -1.00 e. The van der Waals surface area contributed by atoms with Crippen molar-refractivity contribution in [3.05, 3.63) is 41.0 Å². The van der Waals surface area contributed by atoms with Crippen molar-refractivity contribution in [2.75, 3.05) is 0 Å². The summed E-state index contributed by atoms with van der Waals surface area (Å²) in [5.74, 6) is 3.19. The van der Waals surface area contributed by atoms with Gasteiger partial charge in [-0.05, 0) is 0 Å². The fraction of sp³-hybridized carbons (Fsp3) is 0.609. The van der Waals surface area contributed by atoms with Crippen LogP contribution < -0.4 is 24.8 Å². The zero-order valence-electron chi connectivity index (χ0n) is 16.7. The molecular formula is C23H32Cl2Zr. The molecule has 0 radical (unpaired) electrons. The Hall–Kier alpha value is 0.293. The van der Waals surface area contributed by atoms with E-state index in [1.165, 1.54) is 38.5 Å². The first-order chi connectivity index (χ1) is 11.5. The summed E-state index contributed by atoms with van der Waals surface area (Å²) >= 11 is -1.83. The average molecular weight is 471 g/mol. The van der Waals surface area contributed by atoms with Crippen LogP contribution in [0.2, 0.25) is 0 Å². The molecule has 0 aliphatic heterocycles. The molecule has 4 aliphatic rings. The van der Waals surface area contributed by atoms with E-state index in [-0.39, 0.29) is 24.8 Å². The summed E-state index contributed by atoms with van der Waals surface area (Å²) in [4.78, 5) is 0. The van der Waals surface area contributed by atoms with Crippen LogP contribution in [0.3, 0.4) is 0 Å². The minimum Gasteiger partial charge on any atom is -1.00 e. The zero-order valence-corrected chi connectivity index (χ0v) is 20.6. The van der Waals surface area contributed by atoms with Gasteiger partial charge in [0.25, 0.3) is 0 Å². The molecule has 0 N–H and O–H groups in total. The summed E-state index contributed by atoms with van der Waals surface area (Å²) < 4.78 is 8.40. The number of hydrogen-bond donors (Lipinski definition) is 0. The molecule has 0 amide bonds. The van der Waals surface area contributed by atoms with Gasteiger partial charge >= 0.3 is 156 Å². The Labute approximate surface area is 180 Å². The van der Waals surface area contributed by atoms with Crippen LogP contribution in [0.4, 0.5) is 0 Å². The minimum absolute atomic E-state index is 0. The normalized spacial score (nSPS) is 32.6. The van der Waals surface area contributed by atoms with Crippen LogP contribution in [0.15, 0.2) is 41.0 Å². The Bertz CT molecular complexity index is 662. The van der Waals surface area contributed by atoms with Gasteiger partial charge < -0.3 is 24.8 Å². The first-order valence-corrected chi connectivity index (χ1v) is 14.2. The molecule has 4 rings (SSSR count). The molecule has 4 unspecified atom stereocenters. The van der Waals surface area contributed by atoms with Crippen LogP contribution in [0.1, 0.15) is 66.2 Å². The van der Waals surface area contributed by atoms with Crippen molar-refractivity contribution in [3.63, 3.8) is 0 Å². The van der Waals surface area contributed by atoms with Crippen LogP contribution in [0.25, 0.3) is 0 Å². The van der Waals surface area contributed by atoms with Gasteiger partial charge in [-0.15, -0.1) is 0 Å². The van der Waals surface area contributed by atoms with E-state index in [4.69, 9.17) is 4.21 Å². The third-order valence-corrected chi connectivity index (χ3v) is 12.6. The van der Waals surface area contributed by atoms with Gasteiger partial charge in [0.1, 0.15) is 0 Å². The first kappa shape index (κ1) is 22.6. The fourth-order valence-corrected chi connectivity index (χ4v) is 9.99. The summed E-state index contributed by atoms with van der Waals surface area (Å²) in [6.07, 6.45) is 13.4. The van der Waals surface area contributed by atoms with Crippen LogP contribution in [0.5, 0.6) is 0 Å². The van der Waals surface area contributed by atoms with Gasteiger partial charge in [-0.25, -0.2) is 0 Å².